The number of hydrogen-bond acceptors (Lipinski definition) is 4. The van der Waals surface area contributed by atoms with Crippen molar-refractivity contribution in [2.45, 2.75) is 46.1 Å². The molecule has 2 aromatic carbocycles. The first-order valence-corrected chi connectivity index (χ1v) is 10.8. The largest absolute Gasteiger partial charge is 0.491 e. The maximum absolute atomic E-state index is 10.8. The van der Waals surface area contributed by atoms with Crippen molar-refractivity contribution in [2.24, 2.45) is 0 Å². The van der Waals surface area contributed by atoms with Gasteiger partial charge in [-0.15, -0.1) is 12.4 Å². The van der Waals surface area contributed by atoms with Gasteiger partial charge >= 0.3 is 5.97 Å². The van der Waals surface area contributed by atoms with E-state index >= 15 is 0 Å². The number of carbonyl (C=O) groups is 1. The number of halogens is 1. The van der Waals surface area contributed by atoms with Gasteiger partial charge in [-0.25, -0.2) is 0 Å². The van der Waals surface area contributed by atoms with E-state index in [0.717, 1.165) is 38.2 Å². The van der Waals surface area contributed by atoms with Gasteiger partial charge in [0.2, 0.25) is 0 Å². The molecule has 1 N–H and O–H groups in total. The minimum atomic E-state index is -0.848. The fourth-order valence-corrected chi connectivity index (χ4v) is 3.43. The fraction of sp³-hybridized carbons (Fsp3) is 0.480. The van der Waals surface area contributed by atoms with Crippen molar-refractivity contribution in [3.05, 3.63) is 65.2 Å². The van der Waals surface area contributed by atoms with Gasteiger partial charge in [-0.3, -0.25) is 4.79 Å². The zero-order chi connectivity index (χ0) is 21.8. The molecule has 0 amide bonds. The average molecular weight is 450 g/mol. The normalized spacial score (nSPS) is 11.7. The summed E-state index contributed by atoms with van der Waals surface area (Å²) in [6.45, 7) is 9.52. The molecule has 0 aliphatic carbocycles. The minimum absolute atomic E-state index is 0. The first-order chi connectivity index (χ1) is 14.5. The summed E-state index contributed by atoms with van der Waals surface area (Å²) >= 11 is 0. The molecule has 0 radical (unpaired) electrons. The van der Waals surface area contributed by atoms with E-state index in [0.29, 0.717) is 6.61 Å². The molecule has 0 spiro atoms. The van der Waals surface area contributed by atoms with Crippen LogP contribution in [0.3, 0.4) is 0 Å². The highest BCUT2D eigenvalue weighted by Crippen LogP contribution is 2.21. The second kappa shape index (κ2) is 14.8. The van der Waals surface area contributed by atoms with Crippen LogP contribution >= 0.6 is 12.4 Å². The van der Waals surface area contributed by atoms with Crippen molar-refractivity contribution < 1.29 is 19.4 Å². The highest BCUT2D eigenvalue weighted by Gasteiger charge is 2.16. The molecule has 0 fully saturated rings. The molecule has 1 atom stereocenters. The Morgan fingerprint density at radius 3 is 2.26 bits per heavy atom. The van der Waals surface area contributed by atoms with E-state index in [4.69, 9.17) is 14.6 Å². The number of benzene rings is 2. The smallest absolute Gasteiger partial charge is 0.305 e. The molecule has 0 aromatic heterocycles. The van der Waals surface area contributed by atoms with Gasteiger partial charge in [0.15, 0.2) is 0 Å². The van der Waals surface area contributed by atoms with Crippen LogP contribution < -0.4 is 4.74 Å². The monoisotopic (exact) mass is 449 g/mol. The van der Waals surface area contributed by atoms with Crippen LogP contribution in [-0.2, 0) is 22.4 Å². The van der Waals surface area contributed by atoms with Crippen LogP contribution in [0, 0.1) is 6.92 Å². The molecule has 0 aliphatic heterocycles. The Hall–Kier alpha value is -2.08. The Morgan fingerprint density at radius 2 is 1.61 bits per heavy atom. The van der Waals surface area contributed by atoms with Crippen LogP contribution in [0.2, 0.25) is 0 Å². The number of para-hydroxylation sites is 1. The molecule has 172 valence electrons. The molecule has 31 heavy (non-hydrogen) atoms. The van der Waals surface area contributed by atoms with Crippen molar-refractivity contribution in [3.8, 4) is 5.75 Å². The molecule has 0 heterocycles. The molecule has 0 bridgehead atoms. The van der Waals surface area contributed by atoms with Crippen molar-refractivity contribution in [2.75, 3.05) is 32.8 Å². The summed E-state index contributed by atoms with van der Waals surface area (Å²) in [6, 6.07) is 16.6. The Morgan fingerprint density at radius 1 is 1.00 bits per heavy atom. The molecule has 0 saturated carbocycles. The number of carboxylic acid groups (broad SMARTS) is 1. The van der Waals surface area contributed by atoms with Gasteiger partial charge in [0, 0.05) is 6.54 Å². The molecule has 0 aliphatic rings. The SMILES string of the molecule is CCN(CC)CC(COc1ccccc1CCc1ccccc1C)OCCC(=O)O.Cl. The predicted octanol–water partition coefficient (Wildman–Crippen LogP) is 4.78. The van der Waals surface area contributed by atoms with Crippen molar-refractivity contribution >= 4 is 18.4 Å². The topological polar surface area (TPSA) is 59.0 Å². The van der Waals surface area contributed by atoms with Gasteiger partial charge < -0.3 is 19.5 Å². The third-order valence-electron chi connectivity index (χ3n) is 5.35. The second-order valence-corrected chi connectivity index (χ2v) is 7.47. The lowest BCUT2D eigenvalue weighted by Gasteiger charge is -2.26. The van der Waals surface area contributed by atoms with Crippen LogP contribution in [0.4, 0.5) is 0 Å². The number of nitrogens with zero attached hydrogens (tertiary/aromatic N) is 1. The second-order valence-electron chi connectivity index (χ2n) is 7.47. The minimum Gasteiger partial charge on any atom is -0.491 e. The lowest BCUT2D eigenvalue weighted by atomic mass is 10.0. The number of hydrogen-bond donors (Lipinski definition) is 1. The number of ether oxygens (including phenoxy) is 2. The first kappa shape index (κ1) is 27.0. The molecule has 2 aromatic rings. The maximum atomic E-state index is 10.8. The molecule has 1 unspecified atom stereocenters. The highest BCUT2D eigenvalue weighted by molar-refractivity contribution is 5.85. The third-order valence-corrected chi connectivity index (χ3v) is 5.35. The number of carboxylic acids is 1. The third kappa shape index (κ3) is 9.72. The first-order valence-electron chi connectivity index (χ1n) is 10.8. The van der Waals surface area contributed by atoms with E-state index in [1.807, 2.05) is 18.2 Å². The molecule has 6 heteroatoms. The predicted molar refractivity (Wildman–Crippen MR) is 128 cm³/mol. The Bertz CT molecular complexity index is 780. The summed E-state index contributed by atoms with van der Waals surface area (Å²) in [5.74, 6) is 0.0246. The zero-order valence-electron chi connectivity index (χ0n) is 18.9. The van der Waals surface area contributed by atoms with E-state index in [2.05, 4.69) is 56.0 Å². The lowest BCUT2D eigenvalue weighted by molar-refractivity contribution is -0.139. The highest BCUT2D eigenvalue weighted by atomic mass is 35.5. The number of rotatable bonds is 14. The molecule has 0 saturated heterocycles. The van der Waals surface area contributed by atoms with Crippen molar-refractivity contribution in [1.82, 2.24) is 4.90 Å². The zero-order valence-corrected chi connectivity index (χ0v) is 19.7. The summed E-state index contributed by atoms with van der Waals surface area (Å²) < 4.78 is 12.0. The van der Waals surface area contributed by atoms with Gasteiger partial charge in [-0.2, -0.15) is 0 Å². The standard InChI is InChI=1S/C25H35NO4.ClH/c1-4-26(5-2)18-23(29-17-16-25(27)28)19-30-24-13-9-8-12-22(24)15-14-21-11-7-6-10-20(21)3;/h6-13,23H,4-5,14-19H2,1-3H3,(H,27,28);1H. The molecular formula is C25H36ClNO4. The van der Waals surface area contributed by atoms with E-state index in [1.165, 1.54) is 16.7 Å². The van der Waals surface area contributed by atoms with Gasteiger partial charge in [0.1, 0.15) is 18.5 Å². The number of aryl methyl sites for hydroxylation is 3. The average Bonchev–Trinajstić information content (AvgIpc) is 2.75. The summed E-state index contributed by atoms with van der Waals surface area (Å²) in [5.41, 5.74) is 3.83. The summed E-state index contributed by atoms with van der Waals surface area (Å²) in [5, 5.41) is 8.90. The van der Waals surface area contributed by atoms with Crippen LogP contribution in [0.5, 0.6) is 5.75 Å². The lowest BCUT2D eigenvalue weighted by Crippen LogP contribution is -2.37. The van der Waals surface area contributed by atoms with Gasteiger partial charge in [0.05, 0.1) is 13.0 Å². The van der Waals surface area contributed by atoms with Crippen LogP contribution in [0.25, 0.3) is 0 Å². The number of likely N-dealkylation sites (N-methyl/N-ethyl adjacent to an activating group) is 1. The van der Waals surface area contributed by atoms with Gasteiger partial charge in [-0.1, -0.05) is 56.3 Å². The summed E-state index contributed by atoms with van der Waals surface area (Å²) in [6.07, 6.45) is 1.70. The van der Waals surface area contributed by atoms with Gasteiger partial charge in [-0.05, 0) is 55.6 Å². The number of aliphatic carboxylic acids is 1. The van der Waals surface area contributed by atoms with E-state index in [1.54, 1.807) is 0 Å². The van der Waals surface area contributed by atoms with Crippen molar-refractivity contribution in [3.63, 3.8) is 0 Å². The summed E-state index contributed by atoms with van der Waals surface area (Å²) in [7, 11) is 0. The quantitative estimate of drug-likeness (QED) is 0.449. The van der Waals surface area contributed by atoms with E-state index in [-0.39, 0.29) is 31.5 Å². The maximum Gasteiger partial charge on any atom is 0.305 e. The Balaban J connectivity index is 0.00000480. The van der Waals surface area contributed by atoms with Gasteiger partial charge in [0.25, 0.3) is 0 Å². The summed E-state index contributed by atoms with van der Waals surface area (Å²) in [4.78, 5) is 13.1. The fourth-order valence-electron chi connectivity index (χ4n) is 3.43. The molecule has 2 rings (SSSR count). The molecule has 5 nitrogen and oxygen atoms in total. The van der Waals surface area contributed by atoms with Crippen LogP contribution in [0.1, 0.15) is 37.0 Å². The van der Waals surface area contributed by atoms with E-state index < -0.39 is 5.97 Å². The Kier molecular flexibility index (Phi) is 12.9. The van der Waals surface area contributed by atoms with Crippen LogP contribution in [-0.4, -0.2) is 54.9 Å². The van der Waals surface area contributed by atoms with Crippen LogP contribution in [0.15, 0.2) is 48.5 Å². The van der Waals surface area contributed by atoms with E-state index in [9.17, 15) is 4.79 Å². The van der Waals surface area contributed by atoms with Crippen molar-refractivity contribution in [1.29, 1.82) is 0 Å². The Labute approximate surface area is 192 Å². The molecular weight excluding hydrogens is 414 g/mol.